The van der Waals surface area contributed by atoms with E-state index in [1.54, 1.807) is 12.1 Å². The second-order valence-electron chi connectivity index (χ2n) is 5.51. The fourth-order valence-corrected chi connectivity index (χ4v) is 3.06. The van der Waals surface area contributed by atoms with Crippen LogP contribution in [0.25, 0.3) is 0 Å². The highest BCUT2D eigenvalue weighted by atomic mass is 32.2. The predicted octanol–water partition coefficient (Wildman–Crippen LogP) is 1.86. The minimum absolute atomic E-state index is 0.0964. The van der Waals surface area contributed by atoms with Gasteiger partial charge in [-0.15, -0.1) is 0 Å². The summed E-state index contributed by atoms with van der Waals surface area (Å²) in [5.74, 6) is 0.736. The SMILES string of the molecule is O=C(CSc1cc(N2CCOCC2)ncn1)NCc1ccc(F)cc1. The summed E-state index contributed by atoms with van der Waals surface area (Å²) in [6.07, 6.45) is 1.52. The van der Waals surface area contributed by atoms with Gasteiger partial charge in [-0.2, -0.15) is 0 Å². The van der Waals surface area contributed by atoms with Gasteiger partial charge >= 0.3 is 0 Å². The fraction of sp³-hybridized carbons (Fsp3) is 0.353. The van der Waals surface area contributed by atoms with Gasteiger partial charge in [0, 0.05) is 25.7 Å². The van der Waals surface area contributed by atoms with Crippen LogP contribution in [0, 0.1) is 5.82 Å². The van der Waals surface area contributed by atoms with Gasteiger partial charge in [0.1, 0.15) is 23.0 Å². The molecule has 0 bridgehead atoms. The predicted molar refractivity (Wildman–Crippen MR) is 94.0 cm³/mol. The van der Waals surface area contributed by atoms with Gasteiger partial charge in [0.2, 0.25) is 5.91 Å². The first kappa shape index (κ1) is 17.6. The number of carbonyl (C=O) groups is 1. The van der Waals surface area contributed by atoms with Crippen molar-refractivity contribution in [2.45, 2.75) is 11.6 Å². The van der Waals surface area contributed by atoms with E-state index >= 15 is 0 Å². The maximum Gasteiger partial charge on any atom is 0.230 e. The van der Waals surface area contributed by atoms with Crippen molar-refractivity contribution in [1.29, 1.82) is 0 Å². The van der Waals surface area contributed by atoms with Crippen LogP contribution in [0.15, 0.2) is 41.7 Å². The molecule has 3 rings (SSSR count). The molecule has 0 aliphatic carbocycles. The van der Waals surface area contributed by atoms with Crippen LogP contribution < -0.4 is 10.2 Å². The molecular weight excluding hydrogens is 343 g/mol. The van der Waals surface area contributed by atoms with E-state index in [2.05, 4.69) is 20.2 Å². The van der Waals surface area contributed by atoms with Crippen LogP contribution in [0.2, 0.25) is 0 Å². The van der Waals surface area contributed by atoms with E-state index in [1.165, 1.54) is 30.2 Å². The summed E-state index contributed by atoms with van der Waals surface area (Å²) >= 11 is 1.36. The Bertz CT molecular complexity index is 708. The Hall–Kier alpha value is -2.19. The Labute approximate surface area is 149 Å². The number of carbonyl (C=O) groups excluding carboxylic acids is 1. The third-order valence-electron chi connectivity index (χ3n) is 3.72. The highest BCUT2D eigenvalue weighted by molar-refractivity contribution is 7.99. The Kier molecular flexibility index (Phi) is 6.19. The standard InChI is InChI=1S/C17H19FN4O2S/c18-14-3-1-13(2-4-14)10-19-16(23)11-25-17-9-15(20-12-21-17)22-5-7-24-8-6-22/h1-4,9,12H,5-8,10-11H2,(H,19,23). The van der Waals surface area contributed by atoms with Gasteiger partial charge in [0.15, 0.2) is 0 Å². The molecule has 0 spiro atoms. The van der Waals surface area contributed by atoms with Crippen molar-refractivity contribution >= 4 is 23.5 Å². The van der Waals surface area contributed by atoms with Gasteiger partial charge in [0.05, 0.1) is 19.0 Å². The first-order chi connectivity index (χ1) is 12.2. The molecule has 1 aliphatic heterocycles. The van der Waals surface area contributed by atoms with E-state index in [4.69, 9.17) is 4.74 Å². The molecule has 2 aromatic rings. The number of halogens is 1. The Balaban J connectivity index is 1.47. The number of amides is 1. The van der Waals surface area contributed by atoms with Crippen LogP contribution in [-0.4, -0.2) is 47.9 Å². The summed E-state index contributed by atoms with van der Waals surface area (Å²) in [5, 5.41) is 3.57. The smallest absolute Gasteiger partial charge is 0.230 e. The molecule has 1 amide bonds. The average molecular weight is 362 g/mol. The fourth-order valence-electron chi connectivity index (χ4n) is 2.37. The van der Waals surface area contributed by atoms with Crippen LogP contribution in [0.5, 0.6) is 0 Å². The van der Waals surface area contributed by atoms with Gasteiger partial charge in [0.25, 0.3) is 0 Å². The van der Waals surface area contributed by atoms with Crippen molar-refractivity contribution in [3.8, 4) is 0 Å². The molecule has 1 fully saturated rings. The molecule has 1 aromatic heterocycles. The van der Waals surface area contributed by atoms with Gasteiger partial charge < -0.3 is 15.0 Å². The van der Waals surface area contributed by atoms with E-state index in [0.29, 0.717) is 19.8 Å². The lowest BCUT2D eigenvalue weighted by Gasteiger charge is -2.27. The Morgan fingerprint density at radius 2 is 2.00 bits per heavy atom. The van der Waals surface area contributed by atoms with Crippen molar-refractivity contribution < 1.29 is 13.9 Å². The van der Waals surface area contributed by atoms with Gasteiger partial charge in [-0.05, 0) is 17.7 Å². The summed E-state index contributed by atoms with van der Waals surface area (Å²) in [7, 11) is 0. The van der Waals surface area contributed by atoms with Crippen LogP contribution >= 0.6 is 11.8 Å². The zero-order valence-corrected chi connectivity index (χ0v) is 14.5. The summed E-state index contributed by atoms with van der Waals surface area (Å²) in [4.78, 5) is 22.6. The van der Waals surface area contributed by atoms with Crippen molar-refractivity contribution in [2.75, 3.05) is 37.0 Å². The number of hydrogen-bond acceptors (Lipinski definition) is 6. The summed E-state index contributed by atoms with van der Waals surface area (Å²) in [6, 6.07) is 7.96. The van der Waals surface area contributed by atoms with Crippen molar-refractivity contribution in [2.24, 2.45) is 0 Å². The van der Waals surface area contributed by atoms with Gasteiger partial charge in [-0.3, -0.25) is 4.79 Å². The number of anilines is 1. The molecule has 0 unspecified atom stereocenters. The normalized spacial score (nSPS) is 14.4. The van der Waals surface area contributed by atoms with E-state index in [1.807, 2.05) is 6.07 Å². The second kappa shape index (κ2) is 8.77. The minimum atomic E-state index is -0.287. The molecule has 1 saturated heterocycles. The Morgan fingerprint density at radius 3 is 2.76 bits per heavy atom. The number of morpholine rings is 1. The number of ether oxygens (including phenoxy) is 1. The zero-order chi connectivity index (χ0) is 17.5. The van der Waals surface area contributed by atoms with Crippen molar-refractivity contribution in [3.63, 3.8) is 0 Å². The number of hydrogen-bond donors (Lipinski definition) is 1. The molecule has 6 nitrogen and oxygen atoms in total. The number of rotatable bonds is 6. The average Bonchev–Trinajstić information content (AvgIpc) is 2.67. The summed E-state index contributed by atoms with van der Waals surface area (Å²) < 4.78 is 18.2. The van der Waals surface area contributed by atoms with E-state index in [9.17, 15) is 9.18 Å². The van der Waals surface area contributed by atoms with Gasteiger partial charge in [-0.1, -0.05) is 23.9 Å². The number of thioether (sulfide) groups is 1. The Morgan fingerprint density at radius 1 is 1.24 bits per heavy atom. The zero-order valence-electron chi connectivity index (χ0n) is 13.7. The van der Waals surface area contributed by atoms with Gasteiger partial charge in [-0.25, -0.2) is 14.4 Å². The molecule has 25 heavy (non-hydrogen) atoms. The monoisotopic (exact) mass is 362 g/mol. The van der Waals surface area contributed by atoms with Crippen molar-refractivity contribution in [3.05, 3.63) is 48.0 Å². The van der Waals surface area contributed by atoms with E-state index in [-0.39, 0.29) is 17.5 Å². The molecule has 1 aliphatic rings. The lowest BCUT2D eigenvalue weighted by atomic mass is 10.2. The molecule has 0 atom stereocenters. The maximum absolute atomic E-state index is 12.8. The molecule has 1 aromatic carbocycles. The van der Waals surface area contributed by atoms with E-state index in [0.717, 1.165) is 29.5 Å². The first-order valence-corrected chi connectivity index (χ1v) is 8.98. The molecule has 0 saturated carbocycles. The van der Waals surface area contributed by atoms with Crippen LogP contribution in [0.3, 0.4) is 0 Å². The molecule has 0 radical (unpaired) electrons. The number of nitrogens with one attached hydrogen (secondary N) is 1. The summed E-state index contributed by atoms with van der Waals surface area (Å²) in [6.45, 7) is 3.37. The third-order valence-corrected chi connectivity index (χ3v) is 4.64. The molecule has 8 heteroatoms. The second-order valence-corrected chi connectivity index (χ2v) is 6.50. The molecular formula is C17H19FN4O2S. The lowest BCUT2D eigenvalue weighted by Crippen LogP contribution is -2.36. The number of benzene rings is 1. The summed E-state index contributed by atoms with van der Waals surface area (Å²) in [5.41, 5.74) is 0.858. The lowest BCUT2D eigenvalue weighted by molar-refractivity contribution is -0.118. The van der Waals surface area contributed by atoms with Crippen LogP contribution in [0.4, 0.5) is 10.2 Å². The van der Waals surface area contributed by atoms with Crippen LogP contribution in [0.1, 0.15) is 5.56 Å². The molecule has 1 N–H and O–H groups in total. The number of aromatic nitrogens is 2. The molecule has 132 valence electrons. The van der Waals surface area contributed by atoms with Crippen LogP contribution in [-0.2, 0) is 16.1 Å². The largest absolute Gasteiger partial charge is 0.378 e. The van der Waals surface area contributed by atoms with Crippen molar-refractivity contribution in [1.82, 2.24) is 15.3 Å². The minimum Gasteiger partial charge on any atom is -0.378 e. The number of nitrogens with zero attached hydrogens (tertiary/aromatic N) is 3. The van der Waals surface area contributed by atoms with E-state index < -0.39 is 0 Å². The first-order valence-electron chi connectivity index (χ1n) is 7.99. The third kappa shape index (κ3) is 5.40. The quantitative estimate of drug-likeness (QED) is 0.625. The molecule has 2 heterocycles. The maximum atomic E-state index is 12.8. The highest BCUT2D eigenvalue weighted by Crippen LogP contribution is 2.20. The topological polar surface area (TPSA) is 67.4 Å². The highest BCUT2D eigenvalue weighted by Gasteiger charge is 2.13.